The van der Waals surface area contributed by atoms with Crippen molar-refractivity contribution in [3.63, 3.8) is 0 Å². The quantitative estimate of drug-likeness (QED) is 0.182. The number of rotatable bonds is 3. The van der Waals surface area contributed by atoms with E-state index in [1.807, 2.05) is 24.3 Å². The van der Waals surface area contributed by atoms with Gasteiger partial charge in [-0.25, -0.2) is 0 Å². The zero-order valence-corrected chi connectivity index (χ0v) is 30.3. The summed E-state index contributed by atoms with van der Waals surface area (Å²) in [6, 6.07) is 70.3. The monoisotopic (exact) mass is 712 g/mol. The van der Waals surface area contributed by atoms with E-state index in [1.54, 1.807) is 0 Å². The molecule has 2 aromatic heterocycles. The van der Waals surface area contributed by atoms with Gasteiger partial charge in [-0.05, 0) is 132 Å². The van der Waals surface area contributed by atoms with Crippen molar-refractivity contribution in [3.05, 3.63) is 194 Å². The standard InChI is InChI=1S/C54H32O2/c1-2-13-40-39(12-1)41-14-3-4-15-43(41)47-21-11-20-38(54(47)46-19-6-5-16-42(40)46)37-29-35(33-24-26-52-48(31-33)44-17-7-9-22-50(44)55-52)28-36(30-37)34-25-27-53-49(32-34)45-18-8-10-23-51(45)56-53/h1-32H. The first-order valence-electron chi connectivity index (χ1n) is 19.2. The summed E-state index contributed by atoms with van der Waals surface area (Å²) in [7, 11) is 0. The first-order chi connectivity index (χ1) is 27.7. The molecule has 11 aromatic rings. The molecule has 2 heterocycles. The zero-order valence-electron chi connectivity index (χ0n) is 30.3. The Morgan fingerprint density at radius 1 is 0.214 bits per heavy atom. The van der Waals surface area contributed by atoms with Crippen LogP contribution in [0.1, 0.15) is 0 Å². The lowest BCUT2D eigenvalue weighted by Gasteiger charge is -2.25. The Labute approximate surface area is 323 Å². The van der Waals surface area contributed by atoms with E-state index in [4.69, 9.17) is 8.83 Å². The first-order valence-corrected chi connectivity index (χ1v) is 19.2. The van der Waals surface area contributed by atoms with Crippen molar-refractivity contribution >= 4 is 43.9 Å². The average molecular weight is 713 g/mol. The van der Waals surface area contributed by atoms with Crippen LogP contribution in [0.2, 0.25) is 0 Å². The van der Waals surface area contributed by atoms with Crippen LogP contribution in [-0.2, 0) is 0 Å². The molecule has 1 aliphatic rings. The van der Waals surface area contributed by atoms with Gasteiger partial charge in [0.2, 0.25) is 0 Å². The summed E-state index contributed by atoms with van der Waals surface area (Å²) in [4.78, 5) is 0. The molecule has 2 nitrogen and oxygen atoms in total. The molecule has 1 aliphatic carbocycles. The largest absolute Gasteiger partial charge is 0.456 e. The average Bonchev–Trinajstić information content (AvgIpc) is 3.83. The van der Waals surface area contributed by atoms with E-state index < -0.39 is 0 Å². The van der Waals surface area contributed by atoms with Crippen molar-refractivity contribution in [1.82, 2.24) is 0 Å². The maximum atomic E-state index is 6.26. The number of fused-ring (bicyclic) bond motifs is 14. The van der Waals surface area contributed by atoms with Crippen molar-refractivity contribution in [1.29, 1.82) is 0 Å². The Hall–Kier alpha value is -7.42. The fraction of sp³-hybridized carbons (Fsp3) is 0. The summed E-state index contributed by atoms with van der Waals surface area (Å²) in [5.41, 5.74) is 20.4. The molecule has 0 unspecified atom stereocenters. The van der Waals surface area contributed by atoms with Gasteiger partial charge in [-0.15, -0.1) is 0 Å². The molecule has 0 saturated carbocycles. The first kappa shape index (κ1) is 31.0. The second-order valence-electron chi connectivity index (χ2n) is 14.8. The van der Waals surface area contributed by atoms with E-state index in [1.165, 1.54) is 50.1 Å². The maximum Gasteiger partial charge on any atom is 0.135 e. The van der Waals surface area contributed by atoms with Crippen LogP contribution < -0.4 is 0 Å². The normalized spacial score (nSPS) is 11.9. The van der Waals surface area contributed by atoms with E-state index in [2.05, 4.69) is 170 Å². The molecule has 56 heavy (non-hydrogen) atoms. The maximum absolute atomic E-state index is 6.26. The highest BCUT2D eigenvalue weighted by molar-refractivity contribution is 6.10. The van der Waals surface area contributed by atoms with Crippen LogP contribution in [0.5, 0.6) is 0 Å². The van der Waals surface area contributed by atoms with Crippen molar-refractivity contribution < 1.29 is 8.83 Å². The second-order valence-corrected chi connectivity index (χ2v) is 14.8. The van der Waals surface area contributed by atoms with Crippen LogP contribution in [0.4, 0.5) is 0 Å². The van der Waals surface area contributed by atoms with E-state index in [-0.39, 0.29) is 0 Å². The lowest BCUT2D eigenvalue weighted by Crippen LogP contribution is -1.99. The van der Waals surface area contributed by atoms with Crippen molar-refractivity contribution in [2.24, 2.45) is 0 Å². The Balaban J connectivity index is 1.15. The minimum Gasteiger partial charge on any atom is -0.456 e. The van der Waals surface area contributed by atoms with Gasteiger partial charge in [0.25, 0.3) is 0 Å². The smallest absolute Gasteiger partial charge is 0.135 e. The molecule has 0 spiro atoms. The van der Waals surface area contributed by atoms with E-state index in [0.29, 0.717) is 0 Å². The van der Waals surface area contributed by atoms with Crippen molar-refractivity contribution in [2.75, 3.05) is 0 Å². The fourth-order valence-corrected chi connectivity index (χ4v) is 9.08. The minimum atomic E-state index is 0.892. The van der Waals surface area contributed by atoms with Gasteiger partial charge >= 0.3 is 0 Å². The Bertz CT molecular complexity index is 3240. The summed E-state index contributed by atoms with van der Waals surface area (Å²) >= 11 is 0. The summed E-state index contributed by atoms with van der Waals surface area (Å²) in [5, 5.41) is 4.48. The molecule has 0 N–H and O–H groups in total. The molecule has 0 radical (unpaired) electrons. The van der Waals surface area contributed by atoms with E-state index >= 15 is 0 Å². The van der Waals surface area contributed by atoms with Gasteiger partial charge < -0.3 is 8.83 Å². The highest BCUT2D eigenvalue weighted by Gasteiger charge is 2.24. The fourth-order valence-electron chi connectivity index (χ4n) is 9.08. The lowest BCUT2D eigenvalue weighted by atomic mass is 9.78. The number of benzene rings is 9. The van der Waals surface area contributed by atoms with Crippen molar-refractivity contribution in [3.8, 4) is 77.9 Å². The van der Waals surface area contributed by atoms with Crippen molar-refractivity contribution in [2.45, 2.75) is 0 Å². The summed E-state index contributed by atoms with van der Waals surface area (Å²) in [5.74, 6) is 0. The Morgan fingerprint density at radius 3 is 1.12 bits per heavy atom. The molecule has 0 aliphatic heterocycles. The number of furan rings is 2. The highest BCUT2D eigenvalue weighted by Crippen LogP contribution is 2.51. The predicted octanol–water partition coefficient (Wildman–Crippen LogP) is 15.5. The summed E-state index contributed by atoms with van der Waals surface area (Å²) < 4.78 is 12.5. The highest BCUT2D eigenvalue weighted by atomic mass is 16.3. The van der Waals surface area contributed by atoms with Crippen LogP contribution in [0.25, 0.3) is 122 Å². The third kappa shape index (κ3) is 4.69. The molecule has 0 fully saturated rings. The SMILES string of the molecule is c1ccc2c(c1)-c1ccccc1-c1cccc(-c3cc(-c4ccc5oc6ccccc6c5c4)cc(-c4ccc5oc6ccccc6c5c4)c3)c1-c1ccccc1-2. The number of para-hydroxylation sites is 2. The summed E-state index contributed by atoms with van der Waals surface area (Å²) in [6.45, 7) is 0. The third-order valence-electron chi connectivity index (χ3n) is 11.6. The molecule has 0 atom stereocenters. The van der Waals surface area contributed by atoms with Gasteiger partial charge in [0.05, 0.1) is 0 Å². The van der Waals surface area contributed by atoms with Gasteiger partial charge in [-0.3, -0.25) is 0 Å². The van der Waals surface area contributed by atoms with Crippen LogP contribution in [0, 0.1) is 0 Å². The van der Waals surface area contributed by atoms with E-state index in [9.17, 15) is 0 Å². The Kier molecular flexibility index (Phi) is 6.66. The molecule has 260 valence electrons. The topological polar surface area (TPSA) is 26.3 Å². The van der Waals surface area contributed by atoms with Gasteiger partial charge in [0, 0.05) is 21.5 Å². The van der Waals surface area contributed by atoms with Crippen LogP contribution >= 0.6 is 0 Å². The predicted molar refractivity (Wildman–Crippen MR) is 233 cm³/mol. The second kappa shape index (κ2) is 12.0. The molecule has 2 heteroatoms. The lowest BCUT2D eigenvalue weighted by molar-refractivity contribution is 0.668. The molecular formula is C54H32O2. The van der Waals surface area contributed by atoms with Crippen LogP contribution in [0.3, 0.4) is 0 Å². The molecular weight excluding hydrogens is 681 g/mol. The third-order valence-corrected chi connectivity index (χ3v) is 11.6. The van der Waals surface area contributed by atoms with Gasteiger partial charge in [0.1, 0.15) is 22.3 Å². The molecule has 9 aromatic carbocycles. The number of hydrogen-bond acceptors (Lipinski definition) is 2. The van der Waals surface area contributed by atoms with E-state index in [0.717, 1.165) is 71.7 Å². The molecule has 0 bridgehead atoms. The number of hydrogen-bond donors (Lipinski definition) is 0. The minimum absolute atomic E-state index is 0.892. The molecule has 12 rings (SSSR count). The summed E-state index contributed by atoms with van der Waals surface area (Å²) in [6.07, 6.45) is 0. The zero-order chi connectivity index (χ0) is 36.7. The molecule has 0 amide bonds. The van der Waals surface area contributed by atoms with Crippen LogP contribution in [-0.4, -0.2) is 0 Å². The van der Waals surface area contributed by atoms with Crippen LogP contribution in [0.15, 0.2) is 203 Å². The Morgan fingerprint density at radius 2 is 0.589 bits per heavy atom. The molecule has 0 saturated heterocycles. The van der Waals surface area contributed by atoms with Gasteiger partial charge in [-0.2, -0.15) is 0 Å². The van der Waals surface area contributed by atoms with Gasteiger partial charge in [0.15, 0.2) is 0 Å². The van der Waals surface area contributed by atoms with Gasteiger partial charge in [-0.1, -0.05) is 140 Å².